The highest BCUT2D eigenvalue weighted by Crippen LogP contribution is 2.27. The van der Waals surface area contributed by atoms with Crippen LogP contribution in [0.15, 0.2) is 52.3 Å². The van der Waals surface area contributed by atoms with Gasteiger partial charge in [-0.2, -0.15) is 0 Å². The summed E-state index contributed by atoms with van der Waals surface area (Å²) < 4.78 is 1.13. The molecular weight excluding hydrogens is 320 g/mol. The molecule has 0 aliphatic heterocycles. The SMILES string of the molecule is NC(Cc1sccc1Br)c1ccc2ccccc2n1. The van der Waals surface area contributed by atoms with Crippen molar-refractivity contribution in [2.75, 3.05) is 0 Å². The molecule has 96 valence electrons. The van der Waals surface area contributed by atoms with Crippen molar-refractivity contribution in [3.63, 3.8) is 0 Å². The molecule has 1 unspecified atom stereocenters. The van der Waals surface area contributed by atoms with Crippen LogP contribution in [0.3, 0.4) is 0 Å². The molecular formula is C15H13BrN2S. The van der Waals surface area contributed by atoms with Gasteiger partial charge < -0.3 is 5.73 Å². The number of rotatable bonds is 3. The molecule has 1 aromatic carbocycles. The predicted molar refractivity (Wildman–Crippen MR) is 84.4 cm³/mol. The molecule has 0 bridgehead atoms. The average molecular weight is 333 g/mol. The normalized spacial score (nSPS) is 12.7. The van der Waals surface area contributed by atoms with Gasteiger partial charge >= 0.3 is 0 Å². The third kappa shape index (κ3) is 2.71. The number of nitrogens with two attached hydrogens (primary N) is 1. The Labute approximate surface area is 124 Å². The van der Waals surface area contributed by atoms with Crippen LogP contribution < -0.4 is 5.73 Å². The van der Waals surface area contributed by atoms with E-state index in [1.807, 2.05) is 24.3 Å². The molecule has 3 rings (SSSR count). The Hall–Kier alpha value is -1.23. The summed E-state index contributed by atoms with van der Waals surface area (Å²) in [7, 11) is 0. The van der Waals surface area contributed by atoms with E-state index < -0.39 is 0 Å². The number of nitrogens with zero attached hydrogens (tertiary/aromatic N) is 1. The van der Waals surface area contributed by atoms with Gasteiger partial charge in [0, 0.05) is 21.2 Å². The first-order valence-corrected chi connectivity index (χ1v) is 7.74. The molecule has 0 fully saturated rings. The monoisotopic (exact) mass is 332 g/mol. The van der Waals surface area contributed by atoms with Crippen molar-refractivity contribution in [1.29, 1.82) is 0 Å². The number of pyridine rings is 1. The zero-order valence-electron chi connectivity index (χ0n) is 10.2. The Bertz CT molecular complexity index is 708. The summed E-state index contributed by atoms with van der Waals surface area (Å²) in [4.78, 5) is 5.92. The number of thiophene rings is 1. The summed E-state index contributed by atoms with van der Waals surface area (Å²) in [5.74, 6) is 0. The summed E-state index contributed by atoms with van der Waals surface area (Å²) in [6, 6.07) is 14.2. The summed E-state index contributed by atoms with van der Waals surface area (Å²) in [5, 5.41) is 3.22. The Morgan fingerprint density at radius 3 is 2.79 bits per heavy atom. The summed E-state index contributed by atoms with van der Waals surface area (Å²) in [6.07, 6.45) is 0.809. The van der Waals surface area contributed by atoms with Crippen molar-refractivity contribution in [1.82, 2.24) is 4.98 Å². The molecule has 19 heavy (non-hydrogen) atoms. The molecule has 0 amide bonds. The van der Waals surface area contributed by atoms with Crippen LogP contribution in [0.1, 0.15) is 16.6 Å². The predicted octanol–water partition coefficient (Wildman–Crippen LogP) is 4.30. The minimum atomic E-state index is -0.0699. The Balaban J connectivity index is 1.89. The summed E-state index contributed by atoms with van der Waals surface area (Å²) in [6.45, 7) is 0. The van der Waals surface area contributed by atoms with Gasteiger partial charge in [-0.05, 0) is 39.5 Å². The fraction of sp³-hybridized carbons (Fsp3) is 0.133. The van der Waals surface area contributed by atoms with Gasteiger partial charge in [0.05, 0.1) is 17.3 Å². The quantitative estimate of drug-likeness (QED) is 0.776. The summed E-state index contributed by atoms with van der Waals surface area (Å²) >= 11 is 5.26. The lowest BCUT2D eigenvalue weighted by atomic mass is 10.1. The van der Waals surface area contributed by atoms with E-state index in [0.717, 1.165) is 27.5 Å². The van der Waals surface area contributed by atoms with Crippen molar-refractivity contribution in [3.8, 4) is 0 Å². The molecule has 2 aromatic heterocycles. The molecule has 2 nitrogen and oxygen atoms in total. The topological polar surface area (TPSA) is 38.9 Å². The second-order valence-electron chi connectivity index (χ2n) is 4.43. The molecule has 0 saturated carbocycles. The lowest BCUT2D eigenvalue weighted by Crippen LogP contribution is -2.14. The lowest BCUT2D eigenvalue weighted by Gasteiger charge is -2.11. The molecule has 2 N–H and O–H groups in total. The molecule has 1 atom stereocenters. The second kappa shape index (κ2) is 5.41. The van der Waals surface area contributed by atoms with E-state index in [-0.39, 0.29) is 6.04 Å². The number of fused-ring (bicyclic) bond motifs is 1. The van der Waals surface area contributed by atoms with Crippen molar-refractivity contribution in [2.45, 2.75) is 12.5 Å². The molecule has 0 radical (unpaired) electrons. The molecule has 0 aliphatic rings. The van der Waals surface area contributed by atoms with E-state index in [0.29, 0.717) is 0 Å². The second-order valence-corrected chi connectivity index (χ2v) is 6.29. The van der Waals surface area contributed by atoms with E-state index in [1.54, 1.807) is 11.3 Å². The van der Waals surface area contributed by atoms with E-state index in [2.05, 4.69) is 44.5 Å². The Morgan fingerprint density at radius 2 is 2.00 bits per heavy atom. The van der Waals surface area contributed by atoms with Gasteiger partial charge in [0.15, 0.2) is 0 Å². The number of hydrogen-bond donors (Lipinski definition) is 1. The minimum absolute atomic E-state index is 0.0699. The van der Waals surface area contributed by atoms with Gasteiger partial charge in [0.1, 0.15) is 0 Å². The van der Waals surface area contributed by atoms with Gasteiger partial charge in [0.2, 0.25) is 0 Å². The van der Waals surface area contributed by atoms with Crippen LogP contribution >= 0.6 is 27.3 Å². The number of para-hydroxylation sites is 1. The zero-order valence-corrected chi connectivity index (χ0v) is 12.6. The number of benzene rings is 1. The van der Waals surface area contributed by atoms with Crippen LogP contribution in [0.2, 0.25) is 0 Å². The van der Waals surface area contributed by atoms with Gasteiger partial charge in [-0.3, -0.25) is 4.98 Å². The van der Waals surface area contributed by atoms with Gasteiger partial charge in [0.25, 0.3) is 0 Å². The standard InChI is InChI=1S/C15H13BrN2S/c16-11-7-8-19-15(11)9-12(17)14-6-5-10-3-1-2-4-13(10)18-14/h1-8,12H,9,17H2. The molecule has 0 saturated heterocycles. The third-order valence-corrected chi connectivity index (χ3v) is 5.04. The zero-order chi connectivity index (χ0) is 13.2. The van der Waals surface area contributed by atoms with Crippen molar-refractivity contribution in [2.24, 2.45) is 5.73 Å². The minimum Gasteiger partial charge on any atom is -0.322 e. The number of hydrogen-bond acceptors (Lipinski definition) is 3. The van der Waals surface area contributed by atoms with Crippen molar-refractivity contribution in [3.05, 3.63) is 62.9 Å². The maximum atomic E-state index is 6.27. The first-order chi connectivity index (χ1) is 9.24. The van der Waals surface area contributed by atoms with E-state index in [1.165, 1.54) is 4.88 Å². The van der Waals surface area contributed by atoms with Crippen LogP contribution in [-0.4, -0.2) is 4.98 Å². The van der Waals surface area contributed by atoms with Crippen LogP contribution in [0.5, 0.6) is 0 Å². The molecule has 3 aromatic rings. The maximum Gasteiger partial charge on any atom is 0.0706 e. The van der Waals surface area contributed by atoms with E-state index >= 15 is 0 Å². The van der Waals surface area contributed by atoms with Gasteiger partial charge in [-0.25, -0.2) is 0 Å². The molecule has 4 heteroatoms. The number of halogens is 1. The highest BCUT2D eigenvalue weighted by atomic mass is 79.9. The smallest absolute Gasteiger partial charge is 0.0706 e. The van der Waals surface area contributed by atoms with Crippen LogP contribution in [0.4, 0.5) is 0 Å². The highest BCUT2D eigenvalue weighted by Gasteiger charge is 2.12. The molecule has 0 spiro atoms. The highest BCUT2D eigenvalue weighted by molar-refractivity contribution is 9.10. The van der Waals surface area contributed by atoms with Crippen LogP contribution in [0, 0.1) is 0 Å². The van der Waals surface area contributed by atoms with Gasteiger partial charge in [-0.15, -0.1) is 11.3 Å². The lowest BCUT2D eigenvalue weighted by molar-refractivity contribution is 0.706. The Morgan fingerprint density at radius 1 is 1.16 bits per heavy atom. The fourth-order valence-electron chi connectivity index (χ4n) is 2.06. The van der Waals surface area contributed by atoms with Crippen LogP contribution in [0.25, 0.3) is 10.9 Å². The first kappa shape index (κ1) is 12.8. The van der Waals surface area contributed by atoms with Crippen molar-refractivity contribution < 1.29 is 0 Å². The van der Waals surface area contributed by atoms with Crippen molar-refractivity contribution >= 4 is 38.2 Å². The largest absolute Gasteiger partial charge is 0.322 e. The van der Waals surface area contributed by atoms with E-state index in [4.69, 9.17) is 5.73 Å². The maximum absolute atomic E-state index is 6.27. The Kier molecular flexibility index (Phi) is 3.64. The first-order valence-electron chi connectivity index (χ1n) is 6.07. The molecule has 2 heterocycles. The van der Waals surface area contributed by atoms with E-state index in [9.17, 15) is 0 Å². The van der Waals surface area contributed by atoms with Crippen LogP contribution in [-0.2, 0) is 6.42 Å². The summed E-state index contributed by atoms with van der Waals surface area (Å²) in [5.41, 5.74) is 8.21. The number of aromatic nitrogens is 1. The fourth-order valence-corrected chi connectivity index (χ4v) is 3.64. The third-order valence-electron chi connectivity index (χ3n) is 3.10. The van der Waals surface area contributed by atoms with Gasteiger partial charge in [-0.1, -0.05) is 24.3 Å². The molecule has 0 aliphatic carbocycles. The average Bonchev–Trinajstić information content (AvgIpc) is 2.84.